The van der Waals surface area contributed by atoms with Crippen LogP contribution in [-0.4, -0.2) is 60.4 Å². The molecule has 0 bridgehead atoms. The maximum atomic E-state index is 12.8. The van der Waals surface area contributed by atoms with Crippen molar-refractivity contribution in [1.82, 2.24) is 15.1 Å². The molecule has 0 spiro atoms. The molecule has 1 N–H and O–H groups in total. The first kappa shape index (κ1) is 19.1. The van der Waals surface area contributed by atoms with Gasteiger partial charge in [0, 0.05) is 37.8 Å². The zero-order valence-electron chi connectivity index (χ0n) is 16.0. The highest BCUT2D eigenvalue weighted by molar-refractivity contribution is 5.94. The summed E-state index contributed by atoms with van der Waals surface area (Å²) in [6.07, 6.45) is 0. The highest BCUT2D eigenvalue weighted by Gasteiger charge is 2.23. The van der Waals surface area contributed by atoms with E-state index in [-0.39, 0.29) is 17.9 Å². The Morgan fingerprint density at radius 2 is 1.48 bits per heavy atom. The van der Waals surface area contributed by atoms with Crippen LogP contribution < -0.4 is 5.32 Å². The second-order valence-corrected chi connectivity index (χ2v) is 7.23. The predicted molar refractivity (Wildman–Crippen MR) is 108 cm³/mol. The van der Waals surface area contributed by atoms with Crippen molar-refractivity contribution < 1.29 is 9.59 Å². The Morgan fingerprint density at radius 1 is 0.889 bits per heavy atom. The van der Waals surface area contributed by atoms with E-state index in [0.29, 0.717) is 25.2 Å². The van der Waals surface area contributed by atoms with Gasteiger partial charge in [-0.2, -0.15) is 0 Å². The van der Waals surface area contributed by atoms with Crippen molar-refractivity contribution in [3.63, 3.8) is 0 Å². The van der Waals surface area contributed by atoms with Crippen LogP contribution in [0.25, 0.3) is 11.1 Å². The molecule has 1 aliphatic rings. The lowest BCUT2D eigenvalue weighted by atomic mass is 10.0. The normalized spacial score (nSPS) is 15.0. The third kappa shape index (κ3) is 5.17. The summed E-state index contributed by atoms with van der Waals surface area (Å²) in [6.45, 7) is 7.04. The predicted octanol–water partition coefficient (Wildman–Crippen LogP) is 2.64. The molecule has 2 aromatic rings. The quantitative estimate of drug-likeness (QED) is 0.886. The molecule has 5 nitrogen and oxygen atoms in total. The van der Waals surface area contributed by atoms with Gasteiger partial charge < -0.3 is 10.2 Å². The molecule has 2 aromatic carbocycles. The second kappa shape index (κ2) is 8.82. The minimum atomic E-state index is 0.0428. The molecule has 0 unspecified atom stereocenters. The van der Waals surface area contributed by atoms with Crippen molar-refractivity contribution in [3.8, 4) is 11.1 Å². The number of amides is 2. The third-order valence-electron chi connectivity index (χ3n) is 4.72. The molecule has 27 heavy (non-hydrogen) atoms. The standard InChI is InChI=1S/C22H27N3O2/c1-17(2)23-21(26)16-24-12-14-25(15-13-24)22(27)20-10-8-19(9-11-20)18-6-4-3-5-7-18/h3-11,17H,12-16H2,1-2H3,(H,23,26). The van der Waals surface area contributed by atoms with Gasteiger partial charge in [0.15, 0.2) is 0 Å². The van der Waals surface area contributed by atoms with E-state index in [4.69, 9.17) is 0 Å². The molecule has 0 saturated carbocycles. The smallest absolute Gasteiger partial charge is 0.253 e. The lowest BCUT2D eigenvalue weighted by molar-refractivity contribution is -0.123. The van der Waals surface area contributed by atoms with E-state index in [1.54, 1.807) is 0 Å². The number of rotatable bonds is 5. The summed E-state index contributed by atoms with van der Waals surface area (Å²) in [6, 6.07) is 18.1. The molecule has 0 radical (unpaired) electrons. The van der Waals surface area contributed by atoms with Crippen LogP contribution in [0.1, 0.15) is 24.2 Å². The lowest BCUT2D eigenvalue weighted by Gasteiger charge is -2.34. The number of carbonyl (C=O) groups is 2. The first-order valence-corrected chi connectivity index (χ1v) is 9.49. The van der Waals surface area contributed by atoms with Crippen LogP contribution in [0.3, 0.4) is 0 Å². The van der Waals surface area contributed by atoms with Crippen LogP contribution in [0.2, 0.25) is 0 Å². The van der Waals surface area contributed by atoms with Gasteiger partial charge in [-0.1, -0.05) is 42.5 Å². The summed E-state index contributed by atoms with van der Waals surface area (Å²) < 4.78 is 0. The summed E-state index contributed by atoms with van der Waals surface area (Å²) in [5.74, 6) is 0.0992. The summed E-state index contributed by atoms with van der Waals surface area (Å²) in [7, 11) is 0. The molecule has 3 rings (SSSR count). The lowest BCUT2D eigenvalue weighted by Crippen LogP contribution is -2.51. The molecule has 1 heterocycles. The van der Waals surface area contributed by atoms with Gasteiger partial charge in [-0.15, -0.1) is 0 Å². The van der Waals surface area contributed by atoms with Crippen molar-refractivity contribution in [2.45, 2.75) is 19.9 Å². The van der Waals surface area contributed by atoms with Crippen LogP contribution in [-0.2, 0) is 4.79 Å². The third-order valence-corrected chi connectivity index (χ3v) is 4.72. The van der Waals surface area contributed by atoms with Gasteiger partial charge in [0.05, 0.1) is 6.54 Å². The van der Waals surface area contributed by atoms with Gasteiger partial charge in [-0.3, -0.25) is 14.5 Å². The first-order chi connectivity index (χ1) is 13.0. The average molecular weight is 365 g/mol. The van der Waals surface area contributed by atoms with Gasteiger partial charge in [0.2, 0.25) is 5.91 Å². The van der Waals surface area contributed by atoms with E-state index < -0.39 is 0 Å². The Kier molecular flexibility index (Phi) is 6.24. The van der Waals surface area contributed by atoms with E-state index in [0.717, 1.165) is 24.2 Å². The number of hydrogen-bond donors (Lipinski definition) is 1. The largest absolute Gasteiger partial charge is 0.353 e. The molecule has 1 aliphatic heterocycles. The average Bonchev–Trinajstić information content (AvgIpc) is 2.68. The van der Waals surface area contributed by atoms with Crippen LogP contribution in [0.15, 0.2) is 54.6 Å². The molecule has 0 aromatic heterocycles. The van der Waals surface area contributed by atoms with Gasteiger partial charge in [-0.25, -0.2) is 0 Å². The van der Waals surface area contributed by atoms with E-state index in [1.165, 1.54) is 0 Å². The second-order valence-electron chi connectivity index (χ2n) is 7.23. The van der Waals surface area contributed by atoms with Gasteiger partial charge >= 0.3 is 0 Å². The molecule has 2 amide bonds. The topological polar surface area (TPSA) is 52.7 Å². The van der Waals surface area contributed by atoms with Crippen LogP contribution in [0.5, 0.6) is 0 Å². The fourth-order valence-corrected chi connectivity index (χ4v) is 3.30. The Morgan fingerprint density at radius 3 is 2.07 bits per heavy atom. The maximum absolute atomic E-state index is 12.8. The fourth-order valence-electron chi connectivity index (χ4n) is 3.30. The van der Waals surface area contributed by atoms with Crippen molar-refractivity contribution in [2.24, 2.45) is 0 Å². The number of benzene rings is 2. The zero-order chi connectivity index (χ0) is 19.2. The molecule has 5 heteroatoms. The Hall–Kier alpha value is -2.66. The molecule has 1 fully saturated rings. The highest BCUT2D eigenvalue weighted by Crippen LogP contribution is 2.20. The highest BCUT2D eigenvalue weighted by atomic mass is 16.2. The van der Waals surface area contributed by atoms with E-state index in [9.17, 15) is 9.59 Å². The molecule has 0 atom stereocenters. The van der Waals surface area contributed by atoms with E-state index in [1.807, 2.05) is 61.2 Å². The minimum Gasteiger partial charge on any atom is -0.353 e. The summed E-state index contributed by atoms with van der Waals surface area (Å²) in [5, 5.41) is 2.91. The summed E-state index contributed by atoms with van der Waals surface area (Å²) >= 11 is 0. The molecular formula is C22H27N3O2. The monoisotopic (exact) mass is 365 g/mol. The number of hydrogen-bond acceptors (Lipinski definition) is 3. The number of carbonyl (C=O) groups excluding carboxylic acids is 2. The molecule has 0 aliphatic carbocycles. The Labute approximate surface area is 161 Å². The fraction of sp³-hybridized carbons (Fsp3) is 0.364. The van der Waals surface area contributed by atoms with Crippen LogP contribution in [0.4, 0.5) is 0 Å². The van der Waals surface area contributed by atoms with E-state index in [2.05, 4.69) is 22.3 Å². The SMILES string of the molecule is CC(C)NC(=O)CN1CCN(C(=O)c2ccc(-c3ccccc3)cc2)CC1. The number of nitrogens with zero attached hydrogens (tertiary/aromatic N) is 2. The van der Waals surface area contributed by atoms with Crippen molar-refractivity contribution in [2.75, 3.05) is 32.7 Å². The Bertz CT molecular complexity index is 764. The zero-order valence-corrected chi connectivity index (χ0v) is 16.0. The van der Waals surface area contributed by atoms with E-state index >= 15 is 0 Å². The van der Waals surface area contributed by atoms with Crippen molar-refractivity contribution in [3.05, 3.63) is 60.2 Å². The summed E-state index contributed by atoms with van der Waals surface area (Å²) in [4.78, 5) is 28.6. The number of piperazine rings is 1. The maximum Gasteiger partial charge on any atom is 0.253 e. The van der Waals surface area contributed by atoms with Crippen LogP contribution in [0, 0.1) is 0 Å². The van der Waals surface area contributed by atoms with Gasteiger partial charge in [0.1, 0.15) is 0 Å². The van der Waals surface area contributed by atoms with Crippen LogP contribution >= 0.6 is 0 Å². The van der Waals surface area contributed by atoms with Crippen molar-refractivity contribution >= 4 is 11.8 Å². The van der Waals surface area contributed by atoms with Crippen molar-refractivity contribution in [1.29, 1.82) is 0 Å². The first-order valence-electron chi connectivity index (χ1n) is 9.49. The Balaban J connectivity index is 1.54. The summed E-state index contributed by atoms with van der Waals surface area (Å²) in [5.41, 5.74) is 2.96. The minimum absolute atomic E-state index is 0.0428. The molecule has 1 saturated heterocycles. The van der Waals surface area contributed by atoms with Gasteiger partial charge in [-0.05, 0) is 37.1 Å². The van der Waals surface area contributed by atoms with Gasteiger partial charge in [0.25, 0.3) is 5.91 Å². The molecule has 142 valence electrons. The molecular weight excluding hydrogens is 338 g/mol. The number of nitrogens with one attached hydrogen (secondary N) is 1.